The molecule has 0 saturated heterocycles. The lowest BCUT2D eigenvalue weighted by Gasteiger charge is -2.09. The van der Waals surface area contributed by atoms with Crippen LogP contribution in [0.1, 0.15) is 11.1 Å². The van der Waals surface area contributed by atoms with Gasteiger partial charge in [-0.2, -0.15) is 5.10 Å². The third kappa shape index (κ3) is 2.78. The molecule has 110 valence electrons. The summed E-state index contributed by atoms with van der Waals surface area (Å²) in [5.74, 6) is -0.179. The van der Waals surface area contributed by atoms with Gasteiger partial charge in [-0.3, -0.25) is 9.89 Å². The molecule has 3 N–H and O–H groups in total. The molecule has 2 heterocycles. The Morgan fingerprint density at radius 1 is 1.38 bits per heavy atom. The number of aromatic nitrogens is 2. The van der Waals surface area contributed by atoms with Crippen LogP contribution in [0.2, 0.25) is 5.02 Å². The molecular weight excluding hydrogens is 316 g/mol. The van der Waals surface area contributed by atoms with E-state index in [0.717, 1.165) is 0 Å². The molecule has 7 nitrogen and oxygen atoms in total. The average molecular weight is 327 g/mol. The van der Waals surface area contributed by atoms with E-state index in [1.807, 2.05) is 0 Å². The van der Waals surface area contributed by atoms with Crippen LogP contribution in [0, 0.1) is 0 Å². The Bertz CT molecular complexity index is 802. The van der Waals surface area contributed by atoms with Gasteiger partial charge in [0.15, 0.2) is 0 Å². The van der Waals surface area contributed by atoms with Gasteiger partial charge >= 0.3 is 0 Å². The first-order chi connectivity index (χ1) is 9.95. The van der Waals surface area contributed by atoms with Gasteiger partial charge in [-0.15, -0.1) is 0 Å². The lowest BCUT2D eigenvalue weighted by atomic mass is 10.2. The molecule has 0 unspecified atom stereocenters. The number of H-pyrrole nitrogens is 1. The van der Waals surface area contributed by atoms with Crippen molar-refractivity contribution in [1.82, 2.24) is 14.9 Å². The SMILES string of the molecule is O=C1Cc2cc(S(=O)(=O)NCc3cn[nH]c3)c(Cl)cc2N1. The van der Waals surface area contributed by atoms with E-state index in [4.69, 9.17) is 11.6 Å². The standard InChI is InChI=1S/C12H11ClN4O3S/c13-9-3-10-8(2-12(18)17-10)1-11(9)21(19,20)16-6-7-4-14-15-5-7/h1,3-5,16H,2,6H2,(H,14,15)(H,17,18). The van der Waals surface area contributed by atoms with Crippen molar-refractivity contribution in [3.8, 4) is 0 Å². The molecule has 1 amide bonds. The van der Waals surface area contributed by atoms with Crippen LogP contribution in [-0.2, 0) is 27.8 Å². The molecule has 0 saturated carbocycles. The Balaban J connectivity index is 1.89. The predicted octanol–water partition coefficient (Wildman–Crippen LogP) is 1.04. The Hall–Kier alpha value is -1.90. The van der Waals surface area contributed by atoms with Crippen LogP contribution < -0.4 is 10.0 Å². The van der Waals surface area contributed by atoms with Crippen molar-refractivity contribution in [2.75, 3.05) is 5.32 Å². The molecule has 1 aliphatic rings. The highest BCUT2D eigenvalue weighted by Gasteiger charge is 2.24. The van der Waals surface area contributed by atoms with E-state index >= 15 is 0 Å². The molecule has 9 heteroatoms. The van der Waals surface area contributed by atoms with E-state index in [1.165, 1.54) is 18.3 Å². The number of carbonyl (C=O) groups excluding carboxylic acids is 1. The molecule has 1 aromatic carbocycles. The fourth-order valence-corrected chi connectivity index (χ4v) is 3.66. The van der Waals surface area contributed by atoms with E-state index in [-0.39, 0.29) is 28.8 Å². The highest BCUT2D eigenvalue weighted by Crippen LogP contribution is 2.32. The first-order valence-corrected chi connectivity index (χ1v) is 7.91. The highest BCUT2D eigenvalue weighted by atomic mass is 35.5. The van der Waals surface area contributed by atoms with Crippen LogP contribution in [0.3, 0.4) is 0 Å². The second kappa shape index (κ2) is 5.14. The lowest BCUT2D eigenvalue weighted by molar-refractivity contribution is -0.115. The summed E-state index contributed by atoms with van der Waals surface area (Å²) >= 11 is 6.01. The number of carbonyl (C=O) groups is 1. The molecule has 2 aromatic rings. The predicted molar refractivity (Wildman–Crippen MR) is 76.4 cm³/mol. The normalized spacial score (nSPS) is 14.0. The summed E-state index contributed by atoms with van der Waals surface area (Å²) in [6.45, 7) is 0.101. The zero-order valence-corrected chi connectivity index (χ0v) is 12.3. The van der Waals surface area contributed by atoms with Gasteiger partial charge < -0.3 is 5.32 Å². The van der Waals surface area contributed by atoms with E-state index in [2.05, 4.69) is 20.2 Å². The number of rotatable bonds is 4. The number of nitrogens with zero attached hydrogens (tertiary/aromatic N) is 1. The number of amides is 1. The van der Waals surface area contributed by atoms with Crippen molar-refractivity contribution < 1.29 is 13.2 Å². The molecule has 0 atom stereocenters. The van der Waals surface area contributed by atoms with Crippen LogP contribution in [0.5, 0.6) is 0 Å². The summed E-state index contributed by atoms with van der Waals surface area (Å²) in [7, 11) is -3.77. The van der Waals surface area contributed by atoms with Gasteiger partial charge in [0.25, 0.3) is 0 Å². The third-order valence-corrected chi connectivity index (χ3v) is 4.96. The minimum Gasteiger partial charge on any atom is -0.325 e. The molecule has 1 aliphatic heterocycles. The Morgan fingerprint density at radius 3 is 2.90 bits per heavy atom. The molecule has 3 rings (SSSR count). The van der Waals surface area contributed by atoms with E-state index in [9.17, 15) is 13.2 Å². The Labute approximate surface area is 125 Å². The monoisotopic (exact) mass is 326 g/mol. The zero-order chi connectivity index (χ0) is 15.0. The van der Waals surface area contributed by atoms with Crippen LogP contribution in [0.25, 0.3) is 0 Å². The van der Waals surface area contributed by atoms with Crippen molar-refractivity contribution in [2.24, 2.45) is 0 Å². The molecule has 0 spiro atoms. The largest absolute Gasteiger partial charge is 0.325 e. The highest BCUT2D eigenvalue weighted by molar-refractivity contribution is 7.89. The van der Waals surface area contributed by atoms with Crippen LogP contribution in [0.15, 0.2) is 29.4 Å². The fourth-order valence-electron chi connectivity index (χ4n) is 2.06. The van der Waals surface area contributed by atoms with Crippen molar-refractivity contribution >= 4 is 33.2 Å². The summed E-state index contributed by atoms with van der Waals surface area (Å²) in [6, 6.07) is 2.88. The second-order valence-electron chi connectivity index (χ2n) is 4.60. The first kappa shape index (κ1) is 14.1. The summed E-state index contributed by atoms with van der Waals surface area (Å²) in [5, 5.41) is 9.02. The maximum absolute atomic E-state index is 12.3. The van der Waals surface area contributed by atoms with Gasteiger partial charge in [0.1, 0.15) is 4.90 Å². The third-order valence-electron chi connectivity index (χ3n) is 3.09. The Kier molecular flexibility index (Phi) is 3.44. The van der Waals surface area contributed by atoms with Gasteiger partial charge in [-0.25, -0.2) is 13.1 Å². The Morgan fingerprint density at radius 2 is 2.19 bits per heavy atom. The minimum atomic E-state index is -3.77. The van der Waals surface area contributed by atoms with Gasteiger partial charge in [0.05, 0.1) is 17.6 Å². The number of halogens is 1. The number of sulfonamides is 1. The van der Waals surface area contributed by atoms with Crippen molar-refractivity contribution in [3.05, 3.63) is 40.7 Å². The van der Waals surface area contributed by atoms with Crippen molar-refractivity contribution in [1.29, 1.82) is 0 Å². The van der Waals surface area contributed by atoms with Crippen LogP contribution in [0.4, 0.5) is 5.69 Å². The number of nitrogens with one attached hydrogen (secondary N) is 3. The quantitative estimate of drug-likeness (QED) is 0.780. The number of benzene rings is 1. The van der Waals surface area contributed by atoms with Gasteiger partial charge in [0.2, 0.25) is 15.9 Å². The maximum atomic E-state index is 12.3. The summed E-state index contributed by atoms with van der Waals surface area (Å²) in [5.41, 5.74) is 1.87. The molecule has 0 bridgehead atoms. The molecule has 0 fully saturated rings. The van der Waals surface area contributed by atoms with Crippen LogP contribution in [-0.4, -0.2) is 24.5 Å². The van der Waals surface area contributed by atoms with Gasteiger partial charge in [-0.05, 0) is 17.7 Å². The second-order valence-corrected chi connectivity index (χ2v) is 6.74. The van der Waals surface area contributed by atoms with Crippen LogP contribution >= 0.6 is 11.6 Å². The number of anilines is 1. The van der Waals surface area contributed by atoms with Gasteiger partial charge in [-0.1, -0.05) is 11.6 Å². The van der Waals surface area contributed by atoms with E-state index in [1.54, 1.807) is 6.20 Å². The lowest BCUT2D eigenvalue weighted by Crippen LogP contribution is -2.23. The minimum absolute atomic E-state index is 0.0390. The van der Waals surface area contributed by atoms with Crippen molar-refractivity contribution in [3.63, 3.8) is 0 Å². The van der Waals surface area contributed by atoms with E-state index in [0.29, 0.717) is 16.8 Å². The number of aromatic amines is 1. The molecule has 0 radical (unpaired) electrons. The summed E-state index contributed by atoms with van der Waals surface area (Å²) in [4.78, 5) is 11.3. The summed E-state index contributed by atoms with van der Waals surface area (Å²) in [6.07, 6.45) is 3.27. The summed E-state index contributed by atoms with van der Waals surface area (Å²) < 4.78 is 27.0. The smallest absolute Gasteiger partial charge is 0.242 e. The fraction of sp³-hybridized carbons (Fsp3) is 0.167. The zero-order valence-electron chi connectivity index (χ0n) is 10.7. The molecule has 0 aliphatic carbocycles. The van der Waals surface area contributed by atoms with Crippen molar-refractivity contribution in [2.45, 2.75) is 17.9 Å². The molecule has 21 heavy (non-hydrogen) atoms. The van der Waals surface area contributed by atoms with Gasteiger partial charge in [0, 0.05) is 24.0 Å². The molecular formula is C12H11ClN4O3S. The average Bonchev–Trinajstić information content (AvgIpc) is 3.03. The number of hydrogen-bond acceptors (Lipinski definition) is 4. The topological polar surface area (TPSA) is 104 Å². The molecule has 1 aromatic heterocycles. The first-order valence-electron chi connectivity index (χ1n) is 6.05. The van der Waals surface area contributed by atoms with E-state index < -0.39 is 10.0 Å². The maximum Gasteiger partial charge on any atom is 0.242 e. The number of hydrogen-bond donors (Lipinski definition) is 3. The number of fused-ring (bicyclic) bond motifs is 1.